The van der Waals surface area contributed by atoms with Crippen LogP contribution in [0.25, 0.3) is 0 Å². The maximum atomic E-state index is 13.5. The van der Waals surface area contributed by atoms with E-state index in [1.165, 1.54) is 4.90 Å². The van der Waals surface area contributed by atoms with Crippen LogP contribution in [0.15, 0.2) is 18.2 Å². The maximum Gasteiger partial charge on any atom is 0.250 e. The number of fused-ring (bicyclic) bond motifs is 4. The second-order valence-corrected chi connectivity index (χ2v) is 9.90. The van der Waals surface area contributed by atoms with Crippen LogP contribution in [0.1, 0.15) is 46.6 Å². The third kappa shape index (κ3) is 2.40. The number of anilines is 1. The van der Waals surface area contributed by atoms with Crippen molar-refractivity contribution in [2.75, 3.05) is 5.32 Å². The average Bonchev–Trinajstić information content (AvgIpc) is 3.13. The molecule has 2 fully saturated rings. The number of rotatable bonds is 2. The van der Waals surface area contributed by atoms with E-state index in [2.05, 4.69) is 24.5 Å². The first kappa shape index (κ1) is 19.4. The topological polar surface area (TPSA) is 78.5 Å². The fourth-order valence-electron chi connectivity index (χ4n) is 5.16. The van der Waals surface area contributed by atoms with E-state index >= 15 is 0 Å². The molecule has 150 valence electrons. The standard InChI is InChI=1S/C21H26ClN3O3/c1-10(2)9-13-14-15(18(27)25(17(14)26)20(3,4)5)21(24-13)11-7-6-8-12(22)16(11)23-19(21)28/h6-8,10,13-15,24H,9H2,1-5H3,(H,23,28)/t13-,14-,15+,21-/m1/s1. The van der Waals surface area contributed by atoms with Crippen molar-refractivity contribution in [3.63, 3.8) is 0 Å². The fraction of sp³-hybridized carbons (Fsp3) is 0.571. The van der Waals surface area contributed by atoms with Crippen molar-refractivity contribution in [2.45, 2.75) is 58.2 Å². The summed E-state index contributed by atoms with van der Waals surface area (Å²) in [6, 6.07) is 5.04. The van der Waals surface area contributed by atoms with Crippen molar-refractivity contribution in [3.8, 4) is 0 Å². The molecule has 3 heterocycles. The Bertz CT molecular complexity index is 891. The molecule has 4 rings (SSSR count). The number of para-hydroxylation sites is 1. The Balaban J connectivity index is 1.91. The van der Waals surface area contributed by atoms with E-state index < -0.39 is 22.9 Å². The summed E-state index contributed by atoms with van der Waals surface area (Å²) in [5.41, 5.74) is -0.728. The molecule has 4 atom stereocenters. The lowest BCUT2D eigenvalue weighted by molar-refractivity contribution is -0.147. The average molecular weight is 404 g/mol. The number of carbonyl (C=O) groups is 3. The van der Waals surface area contributed by atoms with E-state index in [-0.39, 0.29) is 23.8 Å². The summed E-state index contributed by atoms with van der Waals surface area (Å²) in [7, 11) is 0. The Kier molecular flexibility index (Phi) is 4.18. The van der Waals surface area contributed by atoms with Gasteiger partial charge in [-0.05, 0) is 39.2 Å². The van der Waals surface area contributed by atoms with Crippen LogP contribution in [-0.2, 0) is 19.9 Å². The minimum atomic E-state index is -1.27. The molecule has 1 aromatic rings. The molecule has 2 N–H and O–H groups in total. The Morgan fingerprint density at radius 2 is 1.86 bits per heavy atom. The molecule has 3 amide bonds. The van der Waals surface area contributed by atoms with Crippen molar-refractivity contribution in [1.29, 1.82) is 0 Å². The van der Waals surface area contributed by atoms with Crippen molar-refractivity contribution >= 4 is 35.0 Å². The lowest BCUT2D eigenvalue weighted by atomic mass is 9.76. The monoisotopic (exact) mass is 403 g/mol. The SMILES string of the molecule is CC(C)C[C@H]1N[C@@]2(C(=O)Nc3c(Cl)cccc32)[C@@H]2C(=O)N(C(C)(C)C)C(=O)[C@@H]21. The summed E-state index contributed by atoms with van der Waals surface area (Å²) in [5, 5.41) is 6.71. The predicted molar refractivity (Wildman–Crippen MR) is 107 cm³/mol. The highest BCUT2D eigenvalue weighted by Gasteiger charge is 2.71. The number of imide groups is 1. The third-order valence-electron chi connectivity index (χ3n) is 6.10. The first-order valence-electron chi connectivity index (χ1n) is 9.76. The zero-order valence-electron chi connectivity index (χ0n) is 16.8. The number of nitrogens with zero attached hydrogens (tertiary/aromatic N) is 1. The first-order valence-corrected chi connectivity index (χ1v) is 10.1. The molecule has 3 aliphatic rings. The molecular weight excluding hydrogens is 378 g/mol. The predicted octanol–water partition coefficient (Wildman–Crippen LogP) is 2.91. The minimum Gasteiger partial charge on any atom is -0.323 e. The number of benzene rings is 1. The van der Waals surface area contributed by atoms with Gasteiger partial charge in [0.25, 0.3) is 0 Å². The second kappa shape index (κ2) is 6.04. The minimum absolute atomic E-state index is 0.194. The molecule has 0 aromatic heterocycles. The number of likely N-dealkylation sites (tertiary alicyclic amines) is 1. The normalized spacial score (nSPS) is 31.8. The van der Waals surface area contributed by atoms with E-state index in [1.54, 1.807) is 12.1 Å². The summed E-state index contributed by atoms with van der Waals surface area (Å²) in [5.74, 6) is -1.82. The Morgan fingerprint density at radius 3 is 2.46 bits per heavy atom. The molecule has 0 saturated carbocycles. The van der Waals surface area contributed by atoms with Gasteiger partial charge in [-0.1, -0.05) is 37.6 Å². The number of hydrogen-bond donors (Lipinski definition) is 2. The van der Waals surface area contributed by atoms with Crippen molar-refractivity contribution < 1.29 is 14.4 Å². The molecule has 2 saturated heterocycles. The van der Waals surface area contributed by atoms with E-state index in [4.69, 9.17) is 11.6 Å². The first-order chi connectivity index (χ1) is 13.0. The highest BCUT2D eigenvalue weighted by molar-refractivity contribution is 6.35. The van der Waals surface area contributed by atoms with Crippen LogP contribution < -0.4 is 10.6 Å². The van der Waals surface area contributed by atoms with Gasteiger partial charge < -0.3 is 5.32 Å². The largest absolute Gasteiger partial charge is 0.323 e. The van der Waals surface area contributed by atoms with E-state index in [9.17, 15) is 14.4 Å². The lowest BCUT2D eigenvalue weighted by Crippen LogP contribution is -2.55. The Labute approximate surface area is 170 Å². The smallest absolute Gasteiger partial charge is 0.250 e. The number of hydrogen-bond acceptors (Lipinski definition) is 4. The molecule has 0 aliphatic carbocycles. The summed E-state index contributed by atoms with van der Waals surface area (Å²) in [6.07, 6.45) is 0.698. The van der Waals surface area contributed by atoms with Crippen LogP contribution in [0.2, 0.25) is 5.02 Å². The van der Waals surface area contributed by atoms with Crippen molar-refractivity contribution in [1.82, 2.24) is 10.2 Å². The van der Waals surface area contributed by atoms with Gasteiger partial charge in [-0.15, -0.1) is 0 Å². The summed E-state index contributed by atoms with van der Waals surface area (Å²) in [4.78, 5) is 41.5. The molecule has 1 aromatic carbocycles. The van der Waals surface area contributed by atoms with Gasteiger partial charge in [-0.2, -0.15) is 0 Å². The van der Waals surface area contributed by atoms with Gasteiger partial charge in [-0.25, -0.2) is 0 Å². The van der Waals surface area contributed by atoms with Crippen LogP contribution in [0.4, 0.5) is 5.69 Å². The van der Waals surface area contributed by atoms with Gasteiger partial charge in [0.2, 0.25) is 17.7 Å². The van der Waals surface area contributed by atoms with Crippen LogP contribution in [0.5, 0.6) is 0 Å². The zero-order chi connectivity index (χ0) is 20.6. The summed E-state index contributed by atoms with van der Waals surface area (Å²) < 4.78 is 0. The van der Waals surface area contributed by atoms with Gasteiger partial charge in [0.15, 0.2) is 0 Å². The van der Waals surface area contributed by atoms with Crippen LogP contribution in [0, 0.1) is 17.8 Å². The lowest BCUT2D eigenvalue weighted by Gasteiger charge is -2.34. The van der Waals surface area contributed by atoms with Gasteiger partial charge in [0.1, 0.15) is 5.54 Å². The Hall–Kier alpha value is -1.92. The van der Waals surface area contributed by atoms with Crippen molar-refractivity contribution in [3.05, 3.63) is 28.8 Å². The summed E-state index contributed by atoms with van der Waals surface area (Å²) >= 11 is 6.32. The van der Waals surface area contributed by atoms with Crippen LogP contribution >= 0.6 is 11.6 Å². The number of nitrogens with one attached hydrogen (secondary N) is 2. The number of amides is 3. The quantitative estimate of drug-likeness (QED) is 0.744. The molecule has 0 unspecified atom stereocenters. The van der Waals surface area contributed by atoms with E-state index in [0.717, 1.165) is 0 Å². The van der Waals surface area contributed by atoms with Gasteiger partial charge in [0.05, 0.1) is 22.5 Å². The number of carbonyl (C=O) groups excluding carboxylic acids is 3. The molecule has 7 heteroatoms. The third-order valence-corrected chi connectivity index (χ3v) is 6.41. The molecule has 0 radical (unpaired) electrons. The molecular formula is C21H26ClN3O3. The fourth-order valence-corrected chi connectivity index (χ4v) is 5.39. The molecule has 1 spiro atoms. The molecule has 3 aliphatic heterocycles. The van der Waals surface area contributed by atoms with Crippen LogP contribution in [0.3, 0.4) is 0 Å². The van der Waals surface area contributed by atoms with E-state index in [0.29, 0.717) is 28.6 Å². The maximum absolute atomic E-state index is 13.5. The second-order valence-electron chi connectivity index (χ2n) is 9.49. The highest BCUT2D eigenvalue weighted by atomic mass is 35.5. The van der Waals surface area contributed by atoms with Gasteiger partial charge >= 0.3 is 0 Å². The Morgan fingerprint density at radius 1 is 1.18 bits per heavy atom. The van der Waals surface area contributed by atoms with Crippen molar-refractivity contribution in [2.24, 2.45) is 17.8 Å². The molecule has 28 heavy (non-hydrogen) atoms. The molecule has 0 bridgehead atoms. The zero-order valence-corrected chi connectivity index (χ0v) is 17.6. The van der Waals surface area contributed by atoms with E-state index in [1.807, 2.05) is 26.8 Å². The molecule has 6 nitrogen and oxygen atoms in total. The van der Waals surface area contributed by atoms with Gasteiger partial charge in [-0.3, -0.25) is 24.6 Å². The van der Waals surface area contributed by atoms with Crippen LogP contribution in [-0.4, -0.2) is 34.2 Å². The number of halogens is 1. The summed E-state index contributed by atoms with van der Waals surface area (Å²) in [6.45, 7) is 9.69. The van der Waals surface area contributed by atoms with Gasteiger partial charge in [0, 0.05) is 17.1 Å². The highest BCUT2D eigenvalue weighted by Crippen LogP contribution is 2.55.